The molecule has 1 aliphatic rings. The average Bonchev–Trinajstić information content (AvgIpc) is 3.15. The Morgan fingerprint density at radius 2 is 1.78 bits per heavy atom. The Morgan fingerprint density at radius 1 is 1.00 bits per heavy atom. The molecule has 0 aliphatic carbocycles. The fraction of sp³-hybridized carbons (Fsp3) is 0.154. The minimum atomic E-state index is -0.638. The number of benzene rings is 3. The number of rotatable bonds is 7. The van der Waals surface area contributed by atoms with E-state index in [1.54, 1.807) is 36.4 Å². The summed E-state index contributed by atoms with van der Waals surface area (Å²) in [6.07, 6.45) is 1.57. The second-order valence-corrected chi connectivity index (χ2v) is 7.23. The first-order chi connectivity index (χ1) is 15.5. The van der Waals surface area contributed by atoms with E-state index >= 15 is 0 Å². The molecule has 0 aromatic heterocycles. The van der Waals surface area contributed by atoms with Crippen molar-refractivity contribution in [2.45, 2.75) is 20.5 Å². The molecular weight excluding hydrogens is 409 g/mol. The summed E-state index contributed by atoms with van der Waals surface area (Å²) >= 11 is 0. The Balaban J connectivity index is 1.56. The highest BCUT2D eigenvalue weighted by atomic mass is 19.1. The first kappa shape index (κ1) is 21.3. The number of carbonyl (C=O) groups is 1. The Morgan fingerprint density at radius 3 is 2.53 bits per heavy atom. The average molecular weight is 431 g/mol. The molecule has 0 fully saturated rings. The van der Waals surface area contributed by atoms with E-state index < -0.39 is 11.8 Å². The highest BCUT2D eigenvalue weighted by molar-refractivity contribution is 6.12. The monoisotopic (exact) mass is 431 g/mol. The third-order valence-electron chi connectivity index (χ3n) is 4.81. The number of hydrogen-bond acceptors (Lipinski definition) is 5. The third kappa shape index (κ3) is 4.86. The lowest BCUT2D eigenvalue weighted by atomic mass is 10.1. The number of ether oxygens (including phenoxy) is 3. The third-order valence-corrected chi connectivity index (χ3v) is 4.81. The van der Waals surface area contributed by atoms with E-state index in [4.69, 9.17) is 14.2 Å². The molecular formula is C26H22FNO4. The second kappa shape index (κ2) is 9.47. The number of hydrogen-bond donors (Lipinski definition) is 0. The molecule has 3 aromatic carbocycles. The molecule has 5 nitrogen and oxygen atoms in total. The van der Waals surface area contributed by atoms with Crippen LogP contribution in [0.4, 0.5) is 4.39 Å². The van der Waals surface area contributed by atoms with Crippen molar-refractivity contribution in [1.29, 1.82) is 0 Å². The van der Waals surface area contributed by atoms with Crippen molar-refractivity contribution < 1.29 is 23.4 Å². The quantitative estimate of drug-likeness (QED) is 0.368. The smallest absolute Gasteiger partial charge is 0.363 e. The van der Waals surface area contributed by atoms with Crippen LogP contribution in [-0.4, -0.2) is 18.5 Å². The van der Waals surface area contributed by atoms with Gasteiger partial charge in [-0.3, -0.25) is 0 Å². The number of esters is 1. The highest BCUT2D eigenvalue weighted by Gasteiger charge is 2.26. The first-order valence-electron chi connectivity index (χ1n) is 10.3. The van der Waals surface area contributed by atoms with Crippen molar-refractivity contribution in [1.82, 2.24) is 0 Å². The van der Waals surface area contributed by atoms with Crippen LogP contribution in [-0.2, 0) is 16.1 Å². The molecule has 0 atom stereocenters. The molecule has 4 rings (SSSR count). The molecule has 6 heteroatoms. The summed E-state index contributed by atoms with van der Waals surface area (Å²) in [5.74, 6) is -0.0462. The van der Waals surface area contributed by atoms with Crippen molar-refractivity contribution in [2.24, 2.45) is 4.99 Å². The van der Waals surface area contributed by atoms with Gasteiger partial charge in [0.1, 0.15) is 12.4 Å². The van der Waals surface area contributed by atoms with E-state index in [9.17, 15) is 9.18 Å². The van der Waals surface area contributed by atoms with Gasteiger partial charge in [0.15, 0.2) is 17.2 Å². The predicted octanol–water partition coefficient (Wildman–Crippen LogP) is 5.46. The highest BCUT2D eigenvalue weighted by Crippen LogP contribution is 2.31. The topological polar surface area (TPSA) is 57.1 Å². The van der Waals surface area contributed by atoms with Gasteiger partial charge in [0.2, 0.25) is 5.90 Å². The van der Waals surface area contributed by atoms with Crippen LogP contribution in [0.5, 0.6) is 11.5 Å². The molecule has 0 bridgehead atoms. The summed E-state index contributed by atoms with van der Waals surface area (Å²) in [5, 5.41) is 0. The van der Waals surface area contributed by atoms with E-state index in [0.717, 1.165) is 5.56 Å². The molecule has 0 N–H and O–H groups in total. The lowest BCUT2D eigenvalue weighted by molar-refractivity contribution is -0.129. The van der Waals surface area contributed by atoms with Gasteiger partial charge in [-0.25, -0.2) is 14.2 Å². The number of carbonyl (C=O) groups excluding carboxylic acids is 1. The zero-order valence-electron chi connectivity index (χ0n) is 17.8. The van der Waals surface area contributed by atoms with Crippen molar-refractivity contribution in [2.75, 3.05) is 6.61 Å². The SMILES string of the molecule is CCOc1cc(/C=C2\N=C(c3ccccc3F)OC2=O)ccc1OCc1ccc(C)cc1. The van der Waals surface area contributed by atoms with E-state index in [1.165, 1.54) is 17.7 Å². The summed E-state index contributed by atoms with van der Waals surface area (Å²) in [5.41, 5.74) is 3.14. The minimum Gasteiger partial charge on any atom is -0.490 e. The van der Waals surface area contributed by atoms with E-state index in [-0.39, 0.29) is 17.2 Å². The Bertz CT molecular complexity index is 1200. The Hall–Kier alpha value is -3.93. The second-order valence-electron chi connectivity index (χ2n) is 7.23. The largest absolute Gasteiger partial charge is 0.490 e. The van der Waals surface area contributed by atoms with Crippen LogP contribution in [0.3, 0.4) is 0 Å². The van der Waals surface area contributed by atoms with Crippen LogP contribution in [0.25, 0.3) is 6.08 Å². The molecule has 32 heavy (non-hydrogen) atoms. The number of aliphatic imine (C=N–C) groups is 1. The molecule has 1 aliphatic heterocycles. The van der Waals surface area contributed by atoms with Gasteiger partial charge in [0.25, 0.3) is 0 Å². The predicted molar refractivity (Wildman–Crippen MR) is 120 cm³/mol. The van der Waals surface area contributed by atoms with Crippen molar-refractivity contribution in [3.63, 3.8) is 0 Å². The molecule has 0 saturated carbocycles. The van der Waals surface area contributed by atoms with Gasteiger partial charge in [0.05, 0.1) is 12.2 Å². The number of nitrogens with zero attached hydrogens (tertiary/aromatic N) is 1. The Kier molecular flexibility index (Phi) is 6.31. The summed E-state index contributed by atoms with van der Waals surface area (Å²) in [6, 6.07) is 19.5. The van der Waals surface area contributed by atoms with Gasteiger partial charge in [-0.15, -0.1) is 0 Å². The van der Waals surface area contributed by atoms with Gasteiger partial charge >= 0.3 is 5.97 Å². The van der Waals surface area contributed by atoms with Crippen molar-refractivity contribution >= 4 is 17.9 Å². The fourth-order valence-electron chi connectivity index (χ4n) is 3.16. The summed E-state index contributed by atoms with van der Waals surface area (Å²) in [4.78, 5) is 16.4. The molecule has 0 radical (unpaired) electrons. The molecule has 0 saturated heterocycles. The van der Waals surface area contributed by atoms with E-state index in [1.807, 2.05) is 38.1 Å². The molecule has 1 heterocycles. The lowest BCUT2D eigenvalue weighted by Gasteiger charge is -2.13. The van der Waals surface area contributed by atoms with Gasteiger partial charge in [-0.05, 0) is 55.3 Å². The molecule has 162 valence electrons. The van der Waals surface area contributed by atoms with Gasteiger partial charge < -0.3 is 14.2 Å². The summed E-state index contributed by atoms with van der Waals surface area (Å²) < 4.78 is 30.8. The molecule has 0 amide bonds. The number of cyclic esters (lactones) is 1. The van der Waals surface area contributed by atoms with Gasteiger partial charge in [-0.2, -0.15) is 0 Å². The standard InChI is InChI=1S/C26H22FNO4/c1-3-30-24-15-19(12-13-23(24)31-16-18-10-8-17(2)9-11-18)14-22-26(29)32-25(28-22)20-6-4-5-7-21(20)27/h4-15H,3,16H2,1-2H3/b22-14-. The number of aryl methyl sites for hydroxylation is 1. The first-order valence-corrected chi connectivity index (χ1v) is 10.3. The van der Waals surface area contributed by atoms with E-state index in [0.29, 0.717) is 30.3 Å². The molecule has 3 aromatic rings. The zero-order valence-corrected chi connectivity index (χ0v) is 17.8. The summed E-state index contributed by atoms with van der Waals surface area (Å²) in [7, 11) is 0. The lowest BCUT2D eigenvalue weighted by Crippen LogP contribution is -2.07. The Labute approximate surface area is 185 Å². The van der Waals surface area contributed by atoms with Crippen LogP contribution in [0.15, 0.2) is 77.4 Å². The maximum atomic E-state index is 14.0. The van der Waals surface area contributed by atoms with Crippen LogP contribution in [0, 0.1) is 12.7 Å². The fourth-order valence-corrected chi connectivity index (χ4v) is 3.16. The van der Waals surface area contributed by atoms with Crippen LogP contribution >= 0.6 is 0 Å². The van der Waals surface area contributed by atoms with Gasteiger partial charge in [-0.1, -0.05) is 48.0 Å². The van der Waals surface area contributed by atoms with Crippen LogP contribution < -0.4 is 9.47 Å². The maximum Gasteiger partial charge on any atom is 0.363 e. The van der Waals surface area contributed by atoms with Crippen LogP contribution in [0.2, 0.25) is 0 Å². The van der Waals surface area contributed by atoms with Gasteiger partial charge in [0, 0.05) is 0 Å². The molecule has 0 unspecified atom stereocenters. The summed E-state index contributed by atoms with van der Waals surface area (Å²) in [6.45, 7) is 4.78. The van der Waals surface area contributed by atoms with Crippen LogP contribution in [0.1, 0.15) is 29.2 Å². The maximum absolute atomic E-state index is 14.0. The zero-order chi connectivity index (χ0) is 22.5. The minimum absolute atomic E-state index is 0.0533. The molecule has 0 spiro atoms. The van der Waals surface area contributed by atoms with E-state index in [2.05, 4.69) is 4.99 Å². The number of halogens is 1. The van der Waals surface area contributed by atoms with Crippen molar-refractivity contribution in [3.8, 4) is 11.5 Å². The normalized spacial score (nSPS) is 14.3. The van der Waals surface area contributed by atoms with Crippen molar-refractivity contribution in [3.05, 3.63) is 100 Å².